The lowest BCUT2D eigenvalue weighted by Crippen LogP contribution is -2.40. The van der Waals surface area contributed by atoms with Gasteiger partial charge in [0, 0.05) is 17.2 Å². The number of nitrogens with zero attached hydrogens (tertiary/aromatic N) is 1. The van der Waals surface area contributed by atoms with Crippen LogP contribution < -0.4 is 10.6 Å². The smallest absolute Gasteiger partial charge is 0.243 e. The van der Waals surface area contributed by atoms with Gasteiger partial charge in [0.2, 0.25) is 11.8 Å². The number of hydrogen-bond acceptors (Lipinski definition) is 3. The Morgan fingerprint density at radius 1 is 1.36 bits per heavy atom. The van der Waals surface area contributed by atoms with Gasteiger partial charge in [0.25, 0.3) is 0 Å². The summed E-state index contributed by atoms with van der Waals surface area (Å²) < 4.78 is 0.969. The first kappa shape index (κ1) is 17.0. The maximum Gasteiger partial charge on any atom is 0.243 e. The predicted molar refractivity (Wildman–Crippen MR) is 90.7 cm³/mol. The van der Waals surface area contributed by atoms with Crippen molar-refractivity contribution < 1.29 is 9.59 Å². The number of hydrogen-bond donors (Lipinski definition) is 2. The zero-order valence-corrected chi connectivity index (χ0v) is 14.6. The van der Waals surface area contributed by atoms with Crippen LogP contribution in [0.3, 0.4) is 0 Å². The zero-order valence-electron chi connectivity index (χ0n) is 13.0. The van der Waals surface area contributed by atoms with E-state index in [0.29, 0.717) is 0 Å². The van der Waals surface area contributed by atoms with Crippen molar-refractivity contribution in [3.63, 3.8) is 0 Å². The van der Waals surface area contributed by atoms with E-state index in [2.05, 4.69) is 26.6 Å². The van der Waals surface area contributed by atoms with Gasteiger partial charge in [-0.15, -0.1) is 0 Å². The molecule has 0 heterocycles. The molecule has 1 aliphatic carbocycles. The molecule has 0 atom stereocenters. The van der Waals surface area contributed by atoms with Crippen molar-refractivity contribution in [2.45, 2.75) is 19.8 Å². The lowest BCUT2D eigenvalue weighted by atomic mass is 10.2. The number of carbonyl (C=O) groups excluding carboxylic acids is 2. The lowest BCUT2D eigenvalue weighted by Gasteiger charge is -2.17. The van der Waals surface area contributed by atoms with Gasteiger partial charge in [-0.2, -0.15) is 0 Å². The van der Waals surface area contributed by atoms with Crippen molar-refractivity contribution in [3.8, 4) is 0 Å². The molecule has 120 valence electrons. The molecule has 1 aliphatic rings. The van der Waals surface area contributed by atoms with Gasteiger partial charge in [-0.05, 0) is 56.0 Å². The van der Waals surface area contributed by atoms with Crippen LogP contribution in [0, 0.1) is 12.8 Å². The van der Waals surface area contributed by atoms with E-state index in [4.69, 9.17) is 0 Å². The molecule has 0 aliphatic heterocycles. The van der Waals surface area contributed by atoms with Crippen LogP contribution in [0.15, 0.2) is 22.7 Å². The summed E-state index contributed by atoms with van der Waals surface area (Å²) in [4.78, 5) is 25.4. The van der Waals surface area contributed by atoms with Crippen LogP contribution in [0.4, 0.5) is 5.69 Å². The van der Waals surface area contributed by atoms with Crippen molar-refractivity contribution in [2.75, 3.05) is 32.0 Å². The molecule has 0 radical (unpaired) electrons. The molecule has 1 aromatic rings. The average Bonchev–Trinajstić information content (AvgIpc) is 3.26. The first-order valence-electron chi connectivity index (χ1n) is 7.46. The monoisotopic (exact) mass is 367 g/mol. The number of halogens is 1. The van der Waals surface area contributed by atoms with Gasteiger partial charge in [-0.25, -0.2) is 0 Å². The largest absolute Gasteiger partial charge is 0.335 e. The fraction of sp³-hybridized carbons (Fsp3) is 0.500. The highest BCUT2D eigenvalue weighted by Crippen LogP contribution is 2.27. The molecule has 1 aromatic carbocycles. The van der Waals surface area contributed by atoms with Crippen molar-refractivity contribution in [2.24, 2.45) is 5.92 Å². The second kappa shape index (κ2) is 7.74. The van der Waals surface area contributed by atoms with E-state index in [9.17, 15) is 9.59 Å². The van der Waals surface area contributed by atoms with E-state index in [-0.39, 0.29) is 24.9 Å². The highest BCUT2D eigenvalue weighted by molar-refractivity contribution is 9.10. The van der Waals surface area contributed by atoms with Gasteiger partial charge in [-0.1, -0.05) is 15.9 Å². The molecule has 0 saturated heterocycles. The standard InChI is InChI=1S/C16H22BrN3O2/c1-11-7-13(17)5-6-14(11)19-15(21)10-20(2)16(22)9-18-8-12-3-4-12/h5-7,12,18H,3-4,8-10H2,1-2H3,(H,19,21). The summed E-state index contributed by atoms with van der Waals surface area (Å²) in [6.45, 7) is 3.16. The highest BCUT2D eigenvalue weighted by atomic mass is 79.9. The van der Waals surface area contributed by atoms with Crippen molar-refractivity contribution in [1.82, 2.24) is 10.2 Å². The van der Waals surface area contributed by atoms with Crippen LogP contribution in [0.25, 0.3) is 0 Å². The van der Waals surface area contributed by atoms with Gasteiger partial charge in [0.1, 0.15) is 0 Å². The molecule has 0 unspecified atom stereocenters. The quantitative estimate of drug-likeness (QED) is 0.776. The normalized spacial score (nSPS) is 13.8. The first-order chi connectivity index (χ1) is 10.5. The number of nitrogens with one attached hydrogen (secondary N) is 2. The van der Waals surface area contributed by atoms with Gasteiger partial charge in [0.05, 0.1) is 13.1 Å². The molecular formula is C16H22BrN3O2. The maximum absolute atomic E-state index is 12.0. The summed E-state index contributed by atoms with van der Waals surface area (Å²) in [7, 11) is 1.65. The third-order valence-electron chi connectivity index (χ3n) is 3.68. The molecular weight excluding hydrogens is 346 g/mol. The summed E-state index contributed by atoms with van der Waals surface area (Å²) in [6, 6.07) is 5.65. The molecule has 0 spiro atoms. The third kappa shape index (κ3) is 5.42. The topological polar surface area (TPSA) is 61.4 Å². The van der Waals surface area contributed by atoms with Crippen LogP contribution in [-0.2, 0) is 9.59 Å². The lowest BCUT2D eigenvalue weighted by molar-refractivity contribution is -0.132. The molecule has 0 bridgehead atoms. The van der Waals surface area contributed by atoms with E-state index in [1.54, 1.807) is 7.05 Å². The van der Waals surface area contributed by atoms with Crippen molar-refractivity contribution in [3.05, 3.63) is 28.2 Å². The molecule has 1 saturated carbocycles. The summed E-state index contributed by atoms with van der Waals surface area (Å²) in [5.74, 6) is 0.480. The molecule has 2 amide bonds. The van der Waals surface area contributed by atoms with Crippen molar-refractivity contribution in [1.29, 1.82) is 0 Å². The third-order valence-corrected chi connectivity index (χ3v) is 4.17. The Morgan fingerprint density at radius 3 is 2.73 bits per heavy atom. The molecule has 22 heavy (non-hydrogen) atoms. The first-order valence-corrected chi connectivity index (χ1v) is 8.25. The molecule has 2 N–H and O–H groups in total. The Kier molecular flexibility index (Phi) is 5.97. The van der Waals surface area contributed by atoms with Crippen LogP contribution >= 0.6 is 15.9 Å². The van der Waals surface area contributed by atoms with Crippen LogP contribution in [0.1, 0.15) is 18.4 Å². The SMILES string of the molecule is Cc1cc(Br)ccc1NC(=O)CN(C)C(=O)CNCC1CC1. The Hall–Kier alpha value is -1.40. The minimum atomic E-state index is -0.191. The van der Waals surface area contributed by atoms with Crippen LogP contribution in [0.2, 0.25) is 0 Å². The van der Waals surface area contributed by atoms with E-state index in [1.807, 2.05) is 25.1 Å². The van der Waals surface area contributed by atoms with E-state index in [0.717, 1.165) is 28.2 Å². The van der Waals surface area contributed by atoms with E-state index in [1.165, 1.54) is 17.7 Å². The molecule has 6 heteroatoms. The number of rotatable bonds is 7. The Balaban J connectivity index is 1.75. The Bertz CT molecular complexity index is 558. The summed E-state index contributed by atoms with van der Waals surface area (Å²) in [5.41, 5.74) is 1.74. The molecule has 0 aromatic heterocycles. The highest BCUT2D eigenvalue weighted by Gasteiger charge is 2.21. The number of anilines is 1. The molecule has 1 fully saturated rings. The van der Waals surface area contributed by atoms with Crippen molar-refractivity contribution >= 4 is 33.4 Å². The molecule has 2 rings (SSSR count). The van der Waals surface area contributed by atoms with Gasteiger partial charge < -0.3 is 15.5 Å². The van der Waals surface area contributed by atoms with Gasteiger partial charge in [0.15, 0.2) is 0 Å². The minimum Gasteiger partial charge on any atom is -0.335 e. The number of carbonyl (C=O) groups is 2. The summed E-state index contributed by atoms with van der Waals surface area (Å²) in [6.07, 6.45) is 2.51. The summed E-state index contributed by atoms with van der Waals surface area (Å²) in [5, 5.41) is 5.97. The number of likely N-dealkylation sites (N-methyl/N-ethyl adjacent to an activating group) is 1. The van der Waals surface area contributed by atoms with Gasteiger partial charge >= 0.3 is 0 Å². The average molecular weight is 368 g/mol. The number of benzene rings is 1. The second-order valence-corrected chi connectivity index (χ2v) is 6.75. The fourth-order valence-electron chi connectivity index (χ4n) is 2.10. The Morgan fingerprint density at radius 2 is 2.09 bits per heavy atom. The predicted octanol–water partition coefficient (Wildman–Crippen LogP) is 2.15. The van der Waals surface area contributed by atoms with E-state index >= 15 is 0 Å². The number of aryl methyl sites for hydroxylation is 1. The Labute approximate surface area is 139 Å². The zero-order chi connectivity index (χ0) is 16.1. The minimum absolute atomic E-state index is 0.0550. The maximum atomic E-state index is 12.0. The second-order valence-electron chi connectivity index (χ2n) is 5.83. The summed E-state index contributed by atoms with van der Waals surface area (Å²) >= 11 is 3.39. The fourth-order valence-corrected chi connectivity index (χ4v) is 2.58. The number of amides is 2. The molecule has 5 nitrogen and oxygen atoms in total. The van der Waals surface area contributed by atoms with Crippen LogP contribution in [0.5, 0.6) is 0 Å². The van der Waals surface area contributed by atoms with E-state index < -0.39 is 0 Å². The van der Waals surface area contributed by atoms with Gasteiger partial charge in [-0.3, -0.25) is 9.59 Å². The van der Waals surface area contributed by atoms with Crippen LogP contribution in [-0.4, -0.2) is 43.4 Å².